The van der Waals surface area contributed by atoms with Gasteiger partial charge in [-0.2, -0.15) is 0 Å². The third kappa shape index (κ3) is 2.57. The number of pyridine rings is 1. The van der Waals surface area contributed by atoms with Crippen molar-refractivity contribution in [1.82, 2.24) is 9.38 Å². The predicted octanol–water partition coefficient (Wildman–Crippen LogP) is 5.10. The summed E-state index contributed by atoms with van der Waals surface area (Å²) in [5.41, 5.74) is 6.52. The predicted molar refractivity (Wildman–Crippen MR) is 96.1 cm³/mol. The molecule has 0 radical (unpaired) electrons. The van der Waals surface area contributed by atoms with E-state index in [2.05, 4.69) is 70.0 Å². The third-order valence-electron chi connectivity index (χ3n) is 4.49. The van der Waals surface area contributed by atoms with Crippen LogP contribution in [0, 0.1) is 6.92 Å². The molecule has 0 N–H and O–H groups in total. The van der Waals surface area contributed by atoms with Gasteiger partial charge in [-0.15, -0.1) is 12.4 Å². The zero-order chi connectivity index (χ0) is 14.4. The Labute approximate surface area is 145 Å². The Bertz CT molecular complexity index is 811. The lowest BCUT2D eigenvalue weighted by molar-refractivity contribution is 0.583. The number of hydrogen-bond donors (Lipinski definition) is 0. The fourth-order valence-electron chi connectivity index (χ4n) is 3.48. The minimum Gasteiger partial charge on any atom is -0.305 e. The van der Waals surface area contributed by atoms with Gasteiger partial charge in [0.1, 0.15) is 5.65 Å². The molecule has 4 rings (SSSR count). The molecule has 0 saturated carbocycles. The fourth-order valence-corrected chi connectivity index (χ4v) is 4.14. The van der Waals surface area contributed by atoms with Gasteiger partial charge in [-0.05, 0) is 59.2 Å². The molecule has 1 unspecified atom stereocenters. The Balaban J connectivity index is 0.00000144. The molecule has 114 valence electrons. The van der Waals surface area contributed by atoms with Crippen molar-refractivity contribution in [2.75, 3.05) is 0 Å². The fraction of sp³-hybridized carbons (Fsp3) is 0.278. The van der Waals surface area contributed by atoms with Crippen molar-refractivity contribution in [1.29, 1.82) is 0 Å². The van der Waals surface area contributed by atoms with Crippen LogP contribution in [-0.4, -0.2) is 9.38 Å². The standard InChI is InChI=1S/C18H17BrN2.ClH/c1-12-10-21-11-17(19)15-8-7-14(9-16(15)18(21)20-12)13-5-3-2-4-6-13;/h2-6,10-11,14H,7-9H2,1H3;1H. The van der Waals surface area contributed by atoms with Gasteiger partial charge in [0.15, 0.2) is 0 Å². The molecule has 4 heteroatoms. The molecular formula is C18H18BrClN2. The van der Waals surface area contributed by atoms with Gasteiger partial charge in [0.25, 0.3) is 0 Å². The molecule has 0 bridgehead atoms. The van der Waals surface area contributed by atoms with Crippen LogP contribution in [0.1, 0.15) is 34.7 Å². The Hall–Kier alpha value is -1.32. The average Bonchev–Trinajstić information content (AvgIpc) is 2.88. The Morgan fingerprint density at radius 2 is 1.91 bits per heavy atom. The molecule has 2 aromatic heterocycles. The van der Waals surface area contributed by atoms with E-state index in [1.54, 1.807) is 0 Å². The molecule has 22 heavy (non-hydrogen) atoms. The molecule has 0 saturated heterocycles. The van der Waals surface area contributed by atoms with Crippen LogP contribution in [0.3, 0.4) is 0 Å². The van der Waals surface area contributed by atoms with Gasteiger partial charge in [-0.1, -0.05) is 30.3 Å². The maximum atomic E-state index is 4.74. The molecule has 3 aromatic rings. The van der Waals surface area contributed by atoms with Crippen molar-refractivity contribution in [3.63, 3.8) is 0 Å². The van der Waals surface area contributed by atoms with Crippen LogP contribution in [0.4, 0.5) is 0 Å². The molecule has 2 nitrogen and oxygen atoms in total. The second-order valence-corrected chi connectivity index (χ2v) is 6.75. The smallest absolute Gasteiger partial charge is 0.140 e. The molecule has 1 aromatic carbocycles. The average molecular weight is 378 g/mol. The topological polar surface area (TPSA) is 17.3 Å². The summed E-state index contributed by atoms with van der Waals surface area (Å²) in [6.45, 7) is 2.06. The summed E-state index contributed by atoms with van der Waals surface area (Å²) in [7, 11) is 0. The van der Waals surface area contributed by atoms with Crippen molar-refractivity contribution < 1.29 is 0 Å². The lowest BCUT2D eigenvalue weighted by atomic mass is 9.80. The lowest BCUT2D eigenvalue weighted by Gasteiger charge is -2.26. The Morgan fingerprint density at radius 1 is 1.14 bits per heavy atom. The van der Waals surface area contributed by atoms with Gasteiger partial charge in [-0.25, -0.2) is 4.98 Å². The van der Waals surface area contributed by atoms with Gasteiger partial charge in [0.2, 0.25) is 0 Å². The zero-order valence-corrected chi connectivity index (χ0v) is 14.8. The quantitative estimate of drug-likeness (QED) is 0.577. The summed E-state index contributed by atoms with van der Waals surface area (Å²) in [6, 6.07) is 10.9. The van der Waals surface area contributed by atoms with E-state index in [9.17, 15) is 0 Å². The van der Waals surface area contributed by atoms with Gasteiger partial charge in [0.05, 0.1) is 5.69 Å². The number of aryl methyl sites for hydroxylation is 1. The summed E-state index contributed by atoms with van der Waals surface area (Å²) in [6.07, 6.45) is 7.67. The molecular weight excluding hydrogens is 360 g/mol. The van der Waals surface area contributed by atoms with E-state index in [1.165, 1.54) is 27.6 Å². The Morgan fingerprint density at radius 3 is 2.68 bits per heavy atom. The van der Waals surface area contributed by atoms with Crippen LogP contribution in [0.5, 0.6) is 0 Å². The molecule has 1 atom stereocenters. The first-order valence-electron chi connectivity index (χ1n) is 7.43. The minimum absolute atomic E-state index is 0. The van der Waals surface area contributed by atoms with Gasteiger partial charge < -0.3 is 4.40 Å². The third-order valence-corrected chi connectivity index (χ3v) is 5.18. The summed E-state index contributed by atoms with van der Waals surface area (Å²) in [5.74, 6) is 0.605. The van der Waals surface area contributed by atoms with E-state index < -0.39 is 0 Å². The van der Waals surface area contributed by atoms with E-state index in [0.717, 1.165) is 24.2 Å². The van der Waals surface area contributed by atoms with E-state index >= 15 is 0 Å². The summed E-state index contributed by atoms with van der Waals surface area (Å²) >= 11 is 3.74. The molecule has 0 aliphatic heterocycles. The van der Waals surface area contributed by atoms with Crippen molar-refractivity contribution in [2.24, 2.45) is 0 Å². The first-order chi connectivity index (χ1) is 10.2. The van der Waals surface area contributed by atoms with Crippen molar-refractivity contribution >= 4 is 34.0 Å². The lowest BCUT2D eigenvalue weighted by Crippen LogP contribution is -2.15. The highest BCUT2D eigenvalue weighted by atomic mass is 79.9. The SMILES string of the molecule is Cc1cn2cc(Br)c3c(c2n1)CC(c1ccccc1)CC3.Cl. The van der Waals surface area contributed by atoms with Crippen molar-refractivity contribution in [3.8, 4) is 0 Å². The van der Waals surface area contributed by atoms with Crippen LogP contribution in [0.15, 0.2) is 47.2 Å². The molecule has 1 aliphatic rings. The van der Waals surface area contributed by atoms with E-state index in [1.807, 2.05) is 0 Å². The normalized spacial score (nSPS) is 17.1. The summed E-state index contributed by atoms with van der Waals surface area (Å²) in [5, 5.41) is 0. The number of benzene rings is 1. The molecule has 0 spiro atoms. The minimum atomic E-state index is 0. The molecule has 2 heterocycles. The monoisotopic (exact) mass is 376 g/mol. The van der Waals surface area contributed by atoms with Gasteiger partial charge >= 0.3 is 0 Å². The highest BCUT2D eigenvalue weighted by molar-refractivity contribution is 9.10. The van der Waals surface area contributed by atoms with Crippen LogP contribution >= 0.6 is 28.3 Å². The van der Waals surface area contributed by atoms with E-state index in [4.69, 9.17) is 4.98 Å². The molecule has 1 aliphatic carbocycles. The number of rotatable bonds is 1. The first-order valence-corrected chi connectivity index (χ1v) is 8.22. The number of fused-ring (bicyclic) bond motifs is 3. The number of hydrogen-bond acceptors (Lipinski definition) is 1. The summed E-state index contributed by atoms with van der Waals surface area (Å²) < 4.78 is 3.37. The van der Waals surface area contributed by atoms with Crippen LogP contribution < -0.4 is 0 Å². The number of nitrogens with zero attached hydrogens (tertiary/aromatic N) is 2. The number of imidazole rings is 1. The van der Waals surface area contributed by atoms with Crippen LogP contribution in [0.25, 0.3) is 5.65 Å². The second-order valence-electron chi connectivity index (χ2n) is 5.90. The second kappa shape index (κ2) is 6.05. The Kier molecular flexibility index (Phi) is 4.28. The molecule has 0 amide bonds. The van der Waals surface area contributed by atoms with Gasteiger partial charge in [0, 0.05) is 22.4 Å². The summed E-state index contributed by atoms with van der Waals surface area (Å²) in [4.78, 5) is 4.74. The largest absolute Gasteiger partial charge is 0.305 e. The number of halogens is 2. The van der Waals surface area contributed by atoms with E-state index in [-0.39, 0.29) is 12.4 Å². The highest BCUT2D eigenvalue weighted by Gasteiger charge is 2.24. The highest BCUT2D eigenvalue weighted by Crippen LogP contribution is 2.37. The number of aromatic nitrogens is 2. The zero-order valence-electron chi connectivity index (χ0n) is 12.4. The van der Waals surface area contributed by atoms with E-state index in [0.29, 0.717) is 5.92 Å². The van der Waals surface area contributed by atoms with Crippen molar-refractivity contribution in [2.45, 2.75) is 32.1 Å². The molecule has 0 fully saturated rings. The maximum Gasteiger partial charge on any atom is 0.140 e. The van der Waals surface area contributed by atoms with Crippen LogP contribution in [-0.2, 0) is 12.8 Å². The van der Waals surface area contributed by atoms with Crippen LogP contribution in [0.2, 0.25) is 0 Å². The van der Waals surface area contributed by atoms with Crippen molar-refractivity contribution in [3.05, 3.63) is 69.6 Å². The van der Waals surface area contributed by atoms with Gasteiger partial charge in [-0.3, -0.25) is 0 Å². The first kappa shape index (κ1) is 15.6. The maximum absolute atomic E-state index is 4.74.